The van der Waals surface area contributed by atoms with E-state index in [1.165, 1.54) is 6.07 Å². The zero-order valence-electron chi connectivity index (χ0n) is 7.42. The minimum atomic E-state index is -0.341. The predicted molar refractivity (Wildman–Crippen MR) is 46.5 cm³/mol. The maximum Gasteiger partial charge on any atom is 0.305 e. The van der Waals surface area contributed by atoms with Crippen molar-refractivity contribution in [1.29, 1.82) is 0 Å². The van der Waals surface area contributed by atoms with Crippen molar-refractivity contribution in [3.8, 4) is 0 Å². The molecule has 2 nitrogen and oxygen atoms in total. The summed E-state index contributed by atoms with van der Waals surface area (Å²) in [5.74, 6) is -0.658. The molecular formula is C10H11FO2. The summed E-state index contributed by atoms with van der Waals surface area (Å²) in [6, 6.07) is 6.24. The fourth-order valence-electron chi connectivity index (χ4n) is 0.876. The first-order valence-corrected chi connectivity index (χ1v) is 4.13. The Bertz CT molecular complexity index is 297. The van der Waals surface area contributed by atoms with Crippen LogP contribution in [0.2, 0.25) is 0 Å². The average Bonchev–Trinajstić information content (AvgIpc) is 2.16. The number of halogens is 1. The Morgan fingerprint density at radius 3 is 2.77 bits per heavy atom. The summed E-state index contributed by atoms with van der Waals surface area (Å²) in [7, 11) is 0. The van der Waals surface area contributed by atoms with E-state index in [4.69, 9.17) is 4.74 Å². The zero-order chi connectivity index (χ0) is 9.68. The van der Waals surface area contributed by atoms with Crippen LogP contribution in [0.4, 0.5) is 4.39 Å². The van der Waals surface area contributed by atoms with Gasteiger partial charge in [0, 0.05) is 12.0 Å². The minimum absolute atomic E-state index is 0.0132. The van der Waals surface area contributed by atoms with Crippen LogP contribution >= 0.6 is 0 Å². The molecule has 0 bridgehead atoms. The Hall–Kier alpha value is -1.38. The summed E-state index contributed by atoms with van der Waals surface area (Å²) in [5.41, 5.74) is 0.407. The van der Waals surface area contributed by atoms with Crippen LogP contribution in [0.1, 0.15) is 18.9 Å². The second-order valence-corrected chi connectivity index (χ2v) is 2.61. The first-order valence-electron chi connectivity index (χ1n) is 4.13. The molecule has 0 fully saturated rings. The lowest BCUT2D eigenvalue weighted by atomic mass is 10.2. The van der Waals surface area contributed by atoms with Gasteiger partial charge < -0.3 is 4.74 Å². The lowest BCUT2D eigenvalue weighted by Crippen LogP contribution is -2.03. The van der Waals surface area contributed by atoms with Gasteiger partial charge in [-0.15, -0.1) is 0 Å². The molecule has 0 spiro atoms. The maximum atomic E-state index is 13.0. The molecule has 0 atom stereocenters. The molecule has 0 aliphatic carbocycles. The molecule has 0 heterocycles. The molecule has 1 aromatic rings. The van der Waals surface area contributed by atoms with Crippen LogP contribution in [-0.4, -0.2) is 5.97 Å². The lowest BCUT2D eigenvalue weighted by Gasteiger charge is -2.03. The number of esters is 1. The summed E-state index contributed by atoms with van der Waals surface area (Å²) in [5, 5.41) is 0. The first kappa shape index (κ1) is 9.71. The van der Waals surface area contributed by atoms with Crippen molar-refractivity contribution in [1.82, 2.24) is 0 Å². The molecular weight excluding hydrogens is 171 g/mol. The van der Waals surface area contributed by atoms with E-state index in [2.05, 4.69) is 0 Å². The average molecular weight is 182 g/mol. The molecule has 3 heteroatoms. The van der Waals surface area contributed by atoms with Gasteiger partial charge in [-0.1, -0.05) is 25.1 Å². The van der Waals surface area contributed by atoms with Gasteiger partial charge in [-0.3, -0.25) is 4.79 Å². The summed E-state index contributed by atoms with van der Waals surface area (Å²) >= 11 is 0. The second kappa shape index (κ2) is 4.60. The van der Waals surface area contributed by atoms with Gasteiger partial charge in [-0.25, -0.2) is 4.39 Å². The van der Waals surface area contributed by atoms with E-state index in [1.807, 2.05) is 0 Å². The molecule has 0 aliphatic rings. The van der Waals surface area contributed by atoms with Gasteiger partial charge in [0.25, 0.3) is 0 Å². The third kappa shape index (κ3) is 2.86. The van der Waals surface area contributed by atoms with Crippen LogP contribution in [0.25, 0.3) is 0 Å². The summed E-state index contributed by atoms with van der Waals surface area (Å²) < 4.78 is 17.7. The molecule has 0 saturated heterocycles. The number of rotatable bonds is 3. The topological polar surface area (TPSA) is 26.3 Å². The van der Waals surface area contributed by atoms with Crippen molar-refractivity contribution >= 4 is 5.97 Å². The van der Waals surface area contributed by atoms with E-state index in [0.717, 1.165) is 0 Å². The van der Waals surface area contributed by atoms with Crippen molar-refractivity contribution in [2.45, 2.75) is 20.0 Å². The van der Waals surface area contributed by atoms with Gasteiger partial charge in [0.15, 0.2) is 0 Å². The van der Waals surface area contributed by atoms with Gasteiger partial charge >= 0.3 is 5.97 Å². The summed E-state index contributed by atoms with van der Waals surface area (Å²) in [6.07, 6.45) is 0.314. The molecule has 0 amide bonds. The number of ether oxygens (including phenoxy) is 1. The highest BCUT2D eigenvalue weighted by Crippen LogP contribution is 2.07. The van der Waals surface area contributed by atoms with Crippen molar-refractivity contribution in [2.24, 2.45) is 0 Å². The van der Waals surface area contributed by atoms with E-state index in [9.17, 15) is 9.18 Å². The number of hydrogen-bond donors (Lipinski definition) is 0. The van der Waals surface area contributed by atoms with Crippen molar-refractivity contribution in [3.63, 3.8) is 0 Å². The van der Waals surface area contributed by atoms with Crippen LogP contribution in [0.3, 0.4) is 0 Å². The minimum Gasteiger partial charge on any atom is -0.461 e. The highest BCUT2D eigenvalue weighted by Gasteiger charge is 2.03. The molecule has 70 valence electrons. The standard InChI is InChI=1S/C10H11FO2/c1-2-10(12)13-7-8-5-3-4-6-9(8)11/h3-6H,2,7H2,1H3. The van der Waals surface area contributed by atoms with Gasteiger partial charge in [0.2, 0.25) is 0 Å². The van der Waals surface area contributed by atoms with E-state index in [-0.39, 0.29) is 18.4 Å². The van der Waals surface area contributed by atoms with Gasteiger partial charge in [0.1, 0.15) is 12.4 Å². The first-order chi connectivity index (χ1) is 6.24. The smallest absolute Gasteiger partial charge is 0.305 e. The highest BCUT2D eigenvalue weighted by molar-refractivity contribution is 5.68. The predicted octanol–water partition coefficient (Wildman–Crippen LogP) is 2.28. The number of hydrogen-bond acceptors (Lipinski definition) is 2. The van der Waals surface area contributed by atoms with Crippen LogP contribution in [-0.2, 0) is 16.1 Å². The zero-order valence-corrected chi connectivity index (χ0v) is 7.42. The molecule has 0 saturated carbocycles. The van der Waals surface area contributed by atoms with Gasteiger partial charge in [0.05, 0.1) is 0 Å². The summed E-state index contributed by atoms with van der Waals surface area (Å²) in [6.45, 7) is 1.71. The third-order valence-electron chi connectivity index (χ3n) is 1.64. The highest BCUT2D eigenvalue weighted by atomic mass is 19.1. The molecule has 13 heavy (non-hydrogen) atoms. The molecule has 0 aliphatic heterocycles. The Balaban J connectivity index is 2.54. The fraction of sp³-hybridized carbons (Fsp3) is 0.300. The number of carbonyl (C=O) groups excluding carboxylic acids is 1. The third-order valence-corrected chi connectivity index (χ3v) is 1.64. The Morgan fingerprint density at radius 2 is 2.15 bits per heavy atom. The van der Waals surface area contributed by atoms with Gasteiger partial charge in [-0.05, 0) is 6.07 Å². The Kier molecular flexibility index (Phi) is 3.43. The maximum absolute atomic E-state index is 13.0. The second-order valence-electron chi connectivity index (χ2n) is 2.61. The van der Waals surface area contributed by atoms with E-state index in [1.54, 1.807) is 25.1 Å². The monoisotopic (exact) mass is 182 g/mol. The van der Waals surface area contributed by atoms with Crippen molar-refractivity contribution in [3.05, 3.63) is 35.6 Å². The normalized spacial score (nSPS) is 9.69. The quantitative estimate of drug-likeness (QED) is 0.670. The molecule has 0 N–H and O–H groups in total. The van der Waals surface area contributed by atoms with E-state index >= 15 is 0 Å². The van der Waals surface area contributed by atoms with E-state index < -0.39 is 0 Å². The lowest BCUT2D eigenvalue weighted by molar-refractivity contribution is -0.144. The largest absolute Gasteiger partial charge is 0.461 e. The van der Waals surface area contributed by atoms with Crippen LogP contribution in [0.5, 0.6) is 0 Å². The molecule has 0 unspecified atom stereocenters. The van der Waals surface area contributed by atoms with Crippen LogP contribution < -0.4 is 0 Å². The molecule has 0 aromatic heterocycles. The van der Waals surface area contributed by atoms with Crippen LogP contribution in [0, 0.1) is 5.82 Å². The Morgan fingerprint density at radius 1 is 1.46 bits per heavy atom. The van der Waals surface area contributed by atoms with Gasteiger partial charge in [-0.2, -0.15) is 0 Å². The van der Waals surface area contributed by atoms with E-state index in [0.29, 0.717) is 12.0 Å². The van der Waals surface area contributed by atoms with Crippen molar-refractivity contribution in [2.75, 3.05) is 0 Å². The summed E-state index contributed by atoms with van der Waals surface area (Å²) in [4.78, 5) is 10.8. The Labute approximate surface area is 76.3 Å². The van der Waals surface area contributed by atoms with Crippen molar-refractivity contribution < 1.29 is 13.9 Å². The molecule has 1 rings (SSSR count). The fourth-order valence-corrected chi connectivity index (χ4v) is 0.876. The molecule has 1 aromatic carbocycles. The van der Waals surface area contributed by atoms with Crippen LogP contribution in [0.15, 0.2) is 24.3 Å². The molecule has 0 radical (unpaired) electrons. The SMILES string of the molecule is CCC(=O)OCc1ccccc1F. The number of carbonyl (C=O) groups is 1. The number of benzene rings is 1.